The zero-order valence-corrected chi connectivity index (χ0v) is 8.36. The lowest BCUT2D eigenvalue weighted by molar-refractivity contribution is -0.138. The topological polar surface area (TPSA) is 87.7 Å². The van der Waals surface area contributed by atoms with Gasteiger partial charge in [0.1, 0.15) is 11.9 Å². The zero-order chi connectivity index (χ0) is 11.0. The fraction of sp³-hybridized carbons (Fsp3) is 0.556. The largest absolute Gasteiger partial charge is 0.480 e. The lowest BCUT2D eigenvalue weighted by atomic mass is 10.4. The van der Waals surface area contributed by atoms with Gasteiger partial charge in [0.05, 0.1) is 6.54 Å². The third-order valence-electron chi connectivity index (χ3n) is 1.47. The number of rotatable bonds is 3. The molecule has 0 amide bonds. The van der Waals surface area contributed by atoms with Crippen LogP contribution in [-0.2, 0) is 4.79 Å². The monoisotopic (exact) mass is 199 g/mol. The molecule has 0 saturated carbocycles. The van der Waals surface area contributed by atoms with Gasteiger partial charge in [-0.25, -0.2) is 0 Å². The molecular formula is C9H17N3O2. The lowest BCUT2D eigenvalue weighted by Gasteiger charge is -1.93. The lowest BCUT2D eigenvalue weighted by Crippen LogP contribution is -2.25. The number of nitrogens with one attached hydrogen (secondary N) is 1. The van der Waals surface area contributed by atoms with Crippen molar-refractivity contribution in [1.82, 2.24) is 5.32 Å². The van der Waals surface area contributed by atoms with Gasteiger partial charge in [-0.15, -0.1) is 6.58 Å². The highest BCUT2D eigenvalue weighted by Gasteiger charge is 2.00. The predicted octanol–water partition coefficient (Wildman–Crippen LogP) is -0.0176. The summed E-state index contributed by atoms with van der Waals surface area (Å²) in [5.41, 5.74) is 4.84. The standard InChI is InChI=1S/C6H10N2.C3H7NO2/c1-2-3-6-7-4-5-8-6;1-2(4)3(5)6/h2H,1,3-5H2,(H,7,8);2H,4H2,1H3,(H,5,6)/t;2-/m.0/s1. The van der Waals surface area contributed by atoms with E-state index >= 15 is 0 Å². The van der Waals surface area contributed by atoms with Gasteiger partial charge in [0.15, 0.2) is 0 Å². The molecule has 0 spiro atoms. The van der Waals surface area contributed by atoms with Gasteiger partial charge in [-0.05, 0) is 6.92 Å². The first-order valence-electron chi connectivity index (χ1n) is 4.44. The van der Waals surface area contributed by atoms with Crippen LogP contribution in [0.2, 0.25) is 0 Å². The van der Waals surface area contributed by atoms with Crippen LogP contribution in [0.3, 0.4) is 0 Å². The maximum Gasteiger partial charge on any atom is 0.320 e. The van der Waals surface area contributed by atoms with Crippen molar-refractivity contribution in [2.24, 2.45) is 10.7 Å². The molecule has 0 fully saturated rings. The summed E-state index contributed by atoms with van der Waals surface area (Å²) >= 11 is 0. The van der Waals surface area contributed by atoms with E-state index < -0.39 is 12.0 Å². The minimum atomic E-state index is -0.963. The summed E-state index contributed by atoms with van der Waals surface area (Å²) in [7, 11) is 0. The Morgan fingerprint density at radius 3 is 2.79 bits per heavy atom. The Labute approximate surface area is 83.7 Å². The van der Waals surface area contributed by atoms with Crippen molar-refractivity contribution in [3.05, 3.63) is 12.7 Å². The Hall–Kier alpha value is -1.36. The van der Waals surface area contributed by atoms with Gasteiger partial charge in [-0.1, -0.05) is 6.08 Å². The maximum absolute atomic E-state index is 9.57. The molecule has 1 heterocycles. The highest BCUT2D eigenvalue weighted by Crippen LogP contribution is 1.89. The molecule has 1 aliphatic heterocycles. The van der Waals surface area contributed by atoms with E-state index in [0.29, 0.717) is 0 Å². The zero-order valence-electron chi connectivity index (χ0n) is 8.36. The normalized spacial score (nSPS) is 15.7. The number of amidine groups is 1. The molecule has 0 aromatic carbocycles. The first-order valence-corrected chi connectivity index (χ1v) is 4.44. The number of nitrogens with zero attached hydrogens (tertiary/aromatic N) is 1. The van der Waals surface area contributed by atoms with Crippen LogP contribution < -0.4 is 11.1 Å². The molecule has 0 unspecified atom stereocenters. The van der Waals surface area contributed by atoms with Crippen LogP contribution in [0.1, 0.15) is 13.3 Å². The molecular weight excluding hydrogens is 182 g/mol. The second-order valence-electron chi connectivity index (χ2n) is 2.87. The highest BCUT2D eigenvalue weighted by atomic mass is 16.4. The van der Waals surface area contributed by atoms with Crippen molar-refractivity contribution in [3.63, 3.8) is 0 Å². The summed E-state index contributed by atoms with van der Waals surface area (Å²) in [4.78, 5) is 13.7. The summed E-state index contributed by atoms with van der Waals surface area (Å²) in [6.07, 6.45) is 2.75. The van der Waals surface area contributed by atoms with Gasteiger partial charge < -0.3 is 16.2 Å². The average molecular weight is 199 g/mol. The molecule has 14 heavy (non-hydrogen) atoms. The minimum absolute atomic E-state index is 0.731. The summed E-state index contributed by atoms with van der Waals surface area (Å²) in [6.45, 7) is 6.96. The molecule has 4 N–H and O–H groups in total. The predicted molar refractivity (Wildman–Crippen MR) is 56.4 cm³/mol. The van der Waals surface area contributed by atoms with Crippen LogP contribution in [0.5, 0.6) is 0 Å². The Morgan fingerprint density at radius 2 is 2.50 bits per heavy atom. The summed E-state index contributed by atoms with van der Waals surface area (Å²) in [5, 5.41) is 11.0. The fourth-order valence-corrected chi connectivity index (χ4v) is 0.720. The number of hydrogen-bond donors (Lipinski definition) is 3. The van der Waals surface area contributed by atoms with E-state index in [1.807, 2.05) is 6.08 Å². The van der Waals surface area contributed by atoms with Crippen molar-refractivity contribution in [3.8, 4) is 0 Å². The molecule has 0 radical (unpaired) electrons. The molecule has 1 rings (SSSR count). The molecule has 0 aromatic rings. The van der Waals surface area contributed by atoms with Crippen LogP contribution in [0.15, 0.2) is 17.6 Å². The Bertz CT molecular complexity index is 224. The van der Waals surface area contributed by atoms with E-state index in [2.05, 4.69) is 16.9 Å². The quantitative estimate of drug-likeness (QED) is 0.557. The number of nitrogens with two attached hydrogens (primary N) is 1. The second kappa shape index (κ2) is 7.08. The summed E-state index contributed by atoms with van der Waals surface area (Å²) in [6, 6.07) is -0.731. The van der Waals surface area contributed by atoms with Gasteiger partial charge in [0, 0.05) is 13.0 Å². The van der Waals surface area contributed by atoms with Crippen LogP contribution in [0.25, 0.3) is 0 Å². The number of carbonyl (C=O) groups is 1. The van der Waals surface area contributed by atoms with Crippen molar-refractivity contribution in [1.29, 1.82) is 0 Å². The van der Waals surface area contributed by atoms with Gasteiger partial charge >= 0.3 is 5.97 Å². The molecule has 0 aliphatic carbocycles. The van der Waals surface area contributed by atoms with Crippen LogP contribution >= 0.6 is 0 Å². The highest BCUT2D eigenvalue weighted by molar-refractivity contribution is 5.84. The van der Waals surface area contributed by atoms with Crippen LogP contribution in [0.4, 0.5) is 0 Å². The van der Waals surface area contributed by atoms with Crippen LogP contribution in [0, 0.1) is 0 Å². The molecule has 0 bridgehead atoms. The molecule has 1 atom stereocenters. The summed E-state index contributed by atoms with van der Waals surface area (Å²) in [5.74, 6) is 0.120. The van der Waals surface area contributed by atoms with E-state index in [4.69, 9.17) is 10.8 Å². The molecule has 5 nitrogen and oxygen atoms in total. The number of aliphatic carboxylic acids is 1. The summed E-state index contributed by atoms with van der Waals surface area (Å²) < 4.78 is 0. The molecule has 0 aromatic heterocycles. The van der Waals surface area contributed by atoms with Crippen molar-refractivity contribution in [2.45, 2.75) is 19.4 Å². The Morgan fingerprint density at radius 1 is 1.93 bits per heavy atom. The molecule has 1 aliphatic rings. The molecule has 0 saturated heterocycles. The van der Waals surface area contributed by atoms with E-state index in [-0.39, 0.29) is 0 Å². The van der Waals surface area contributed by atoms with Gasteiger partial charge in [0.2, 0.25) is 0 Å². The maximum atomic E-state index is 9.57. The third-order valence-corrected chi connectivity index (χ3v) is 1.47. The van der Waals surface area contributed by atoms with Crippen molar-refractivity contribution >= 4 is 11.8 Å². The molecule has 80 valence electrons. The van der Waals surface area contributed by atoms with Gasteiger partial charge in [0.25, 0.3) is 0 Å². The van der Waals surface area contributed by atoms with Crippen molar-refractivity contribution < 1.29 is 9.90 Å². The van der Waals surface area contributed by atoms with Crippen LogP contribution in [-0.4, -0.2) is 36.0 Å². The number of carboxylic acid groups (broad SMARTS) is 1. The first kappa shape index (κ1) is 12.6. The smallest absolute Gasteiger partial charge is 0.320 e. The Kier molecular flexibility index (Phi) is 6.39. The average Bonchev–Trinajstić information content (AvgIpc) is 2.58. The molecule has 5 heteroatoms. The second-order valence-corrected chi connectivity index (χ2v) is 2.87. The van der Waals surface area contributed by atoms with Gasteiger partial charge in [-0.3, -0.25) is 9.79 Å². The first-order chi connectivity index (χ1) is 6.57. The minimum Gasteiger partial charge on any atom is -0.480 e. The number of aliphatic imine (C=N–C) groups is 1. The third kappa shape index (κ3) is 6.19. The number of hydrogen-bond acceptors (Lipinski definition) is 4. The van der Waals surface area contributed by atoms with E-state index in [1.165, 1.54) is 6.92 Å². The van der Waals surface area contributed by atoms with Gasteiger partial charge in [-0.2, -0.15) is 0 Å². The SMILES string of the molecule is C=CCC1=NCCN1.C[C@H](N)C(=O)O. The van der Waals surface area contributed by atoms with E-state index in [0.717, 1.165) is 25.3 Å². The fourth-order valence-electron chi connectivity index (χ4n) is 0.720. The Balaban J connectivity index is 0.000000255. The van der Waals surface area contributed by atoms with E-state index in [9.17, 15) is 4.79 Å². The van der Waals surface area contributed by atoms with E-state index in [1.54, 1.807) is 0 Å². The number of carboxylic acids is 1. The van der Waals surface area contributed by atoms with Crippen molar-refractivity contribution in [2.75, 3.05) is 13.1 Å².